The van der Waals surface area contributed by atoms with Crippen LogP contribution in [-0.4, -0.2) is 30.1 Å². The van der Waals surface area contributed by atoms with Gasteiger partial charge >= 0.3 is 0 Å². The lowest BCUT2D eigenvalue weighted by Crippen LogP contribution is -1.90. The van der Waals surface area contributed by atoms with E-state index >= 15 is 0 Å². The maximum absolute atomic E-state index is 11.6. The normalized spacial score (nSPS) is 11.5. The minimum Gasteiger partial charge on any atom is -0.507 e. The van der Waals surface area contributed by atoms with Gasteiger partial charge in [-0.1, -0.05) is 63.1 Å². The van der Waals surface area contributed by atoms with Crippen LogP contribution in [0.25, 0.3) is 65.4 Å². The first-order valence-electron chi connectivity index (χ1n) is 16.1. The minimum absolute atomic E-state index is 0.131. The lowest BCUT2D eigenvalue weighted by molar-refractivity contribution is 0.486. The monoisotopic (exact) mass is 604 g/mol. The van der Waals surface area contributed by atoms with Crippen LogP contribution in [0, 0.1) is 0 Å². The summed E-state index contributed by atoms with van der Waals surface area (Å²) in [5, 5.41) is 27.7. The summed E-state index contributed by atoms with van der Waals surface area (Å²) in [5.74, 6) is 0.262. The number of rotatable bonds is 6. The lowest BCUT2D eigenvalue weighted by Gasteiger charge is -2.09. The second-order valence-corrected chi connectivity index (χ2v) is 12.0. The number of fused-ring (bicyclic) bond motifs is 9. The summed E-state index contributed by atoms with van der Waals surface area (Å²) in [7, 11) is 0. The number of hydrogen-bond donors (Lipinski definition) is 2. The number of aromatic hydroxyl groups is 2. The van der Waals surface area contributed by atoms with Gasteiger partial charge in [0.2, 0.25) is 0 Å². The summed E-state index contributed by atoms with van der Waals surface area (Å²) in [6, 6.07) is 27.8. The molecule has 7 aromatic rings. The number of para-hydroxylation sites is 2. The van der Waals surface area contributed by atoms with Gasteiger partial charge in [0.05, 0.1) is 33.1 Å². The minimum atomic E-state index is 0.131. The van der Waals surface area contributed by atoms with E-state index in [2.05, 4.69) is 13.8 Å². The Labute approximate surface area is 267 Å². The third-order valence-electron chi connectivity index (χ3n) is 8.68. The molecule has 0 spiro atoms. The molecule has 0 saturated carbocycles. The molecule has 3 heterocycles. The number of benzene rings is 4. The van der Waals surface area contributed by atoms with E-state index in [9.17, 15) is 10.2 Å². The van der Waals surface area contributed by atoms with E-state index in [0.29, 0.717) is 43.6 Å². The topological polar surface area (TPSA) is 92.0 Å². The van der Waals surface area contributed by atoms with Gasteiger partial charge in [-0.15, -0.1) is 0 Å². The average Bonchev–Trinajstić information content (AvgIpc) is 3.09. The van der Waals surface area contributed by atoms with Crippen molar-refractivity contribution in [3.8, 4) is 11.5 Å². The molecule has 228 valence electrons. The van der Waals surface area contributed by atoms with Crippen LogP contribution in [0.5, 0.6) is 11.5 Å². The van der Waals surface area contributed by atoms with E-state index in [4.69, 9.17) is 19.9 Å². The summed E-state index contributed by atoms with van der Waals surface area (Å²) in [4.78, 5) is 19.8. The van der Waals surface area contributed by atoms with Crippen LogP contribution in [-0.2, 0) is 12.8 Å². The Balaban J connectivity index is 1.68. The zero-order valence-corrected chi connectivity index (χ0v) is 26.2. The molecule has 0 fully saturated rings. The quantitative estimate of drug-likeness (QED) is 0.184. The fraction of sp³-hybridized carbons (Fsp3) is 0.200. The van der Waals surface area contributed by atoms with Gasteiger partial charge in [-0.2, -0.15) is 0 Å². The summed E-state index contributed by atoms with van der Waals surface area (Å²) >= 11 is 0. The second-order valence-electron chi connectivity index (χ2n) is 12.0. The predicted octanol–water partition coefficient (Wildman–Crippen LogP) is 9.97. The number of nitrogens with zero attached hydrogens (tertiary/aromatic N) is 4. The third kappa shape index (κ3) is 5.63. The Morgan fingerprint density at radius 1 is 0.500 bits per heavy atom. The standard InChI is InChI=1S/C40H36N4O2/c1-3-5-9-25-19-29-23-41-35-11-7-8-12-36(35)42-24-30-20-26(10-6-4-2)22-32(40(30)46)34-18-16-28-14-13-27-15-17-33(31(21-25)39(29)45)43-37(27)38(28)44-34/h7-8,11-24,45-46H,3-6,9-10H2,1-2H3. The van der Waals surface area contributed by atoms with Crippen molar-refractivity contribution in [2.75, 3.05) is 0 Å². The highest BCUT2D eigenvalue weighted by atomic mass is 16.3. The lowest BCUT2D eigenvalue weighted by atomic mass is 10.0. The van der Waals surface area contributed by atoms with Gasteiger partial charge in [-0.05, 0) is 85.3 Å². The third-order valence-corrected chi connectivity index (χ3v) is 8.68. The molecule has 0 amide bonds. The molecule has 8 bridgehead atoms. The largest absolute Gasteiger partial charge is 0.507 e. The Morgan fingerprint density at radius 2 is 0.935 bits per heavy atom. The molecule has 0 radical (unpaired) electrons. The molecule has 2 N–H and O–H groups in total. The Bertz CT molecular complexity index is 2220. The van der Waals surface area contributed by atoms with Crippen LogP contribution < -0.4 is 0 Å². The van der Waals surface area contributed by atoms with Gasteiger partial charge in [0, 0.05) is 44.7 Å². The van der Waals surface area contributed by atoms with Crippen LogP contribution in [0.1, 0.15) is 50.7 Å². The summed E-state index contributed by atoms with van der Waals surface area (Å²) in [6.45, 7) is 4.35. The molecule has 0 saturated heterocycles. The molecular formula is C40H36N4O2. The average molecular weight is 605 g/mol. The number of phenols is 2. The molecule has 7 rings (SSSR count). The van der Waals surface area contributed by atoms with Crippen molar-refractivity contribution < 1.29 is 10.2 Å². The molecule has 46 heavy (non-hydrogen) atoms. The van der Waals surface area contributed by atoms with Crippen molar-refractivity contribution in [1.29, 1.82) is 0 Å². The van der Waals surface area contributed by atoms with E-state index in [1.165, 1.54) is 0 Å². The van der Waals surface area contributed by atoms with E-state index in [0.717, 1.165) is 71.5 Å². The van der Waals surface area contributed by atoms with Gasteiger partial charge in [-0.25, -0.2) is 9.97 Å². The van der Waals surface area contributed by atoms with Gasteiger partial charge < -0.3 is 10.2 Å². The number of aryl methyl sites for hydroxylation is 2. The fourth-order valence-electron chi connectivity index (χ4n) is 6.10. The van der Waals surface area contributed by atoms with Crippen LogP contribution in [0.4, 0.5) is 0 Å². The van der Waals surface area contributed by atoms with E-state index in [1.807, 2.05) is 84.9 Å². The molecule has 6 nitrogen and oxygen atoms in total. The highest BCUT2D eigenvalue weighted by molar-refractivity contribution is 6.07. The highest BCUT2D eigenvalue weighted by Gasteiger charge is 2.11. The number of unbranched alkanes of at least 4 members (excludes halogenated alkanes) is 2. The first kappa shape index (κ1) is 29.4. The molecule has 0 atom stereocenters. The van der Waals surface area contributed by atoms with E-state index in [-0.39, 0.29) is 11.5 Å². The number of pyridine rings is 2. The van der Waals surface area contributed by atoms with Crippen LogP contribution in [0.2, 0.25) is 0 Å². The maximum Gasteiger partial charge on any atom is 0.133 e. The van der Waals surface area contributed by atoms with E-state index in [1.54, 1.807) is 12.4 Å². The maximum atomic E-state index is 11.6. The molecule has 0 aliphatic heterocycles. The van der Waals surface area contributed by atoms with Crippen molar-refractivity contribution in [3.05, 3.63) is 108 Å². The van der Waals surface area contributed by atoms with Crippen LogP contribution in [0.15, 0.2) is 97.3 Å². The molecule has 0 aliphatic rings. The summed E-state index contributed by atoms with van der Waals surface area (Å²) < 4.78 is 0. The summed E-state index contributed by atoms with van der Waals surface area (Å²) in [5.41, 5.74) is 6.35. The zero-order chi connectivity index (χ0) is 31.6. The van der Waals surface area contributed by atoms with Gasteiger partial charge in [0.15, 0.2) is 0 Å². The van der Waals surface area contributed by atoms with Gasteiger partial charge in [0.1, 0.15) is 11.5 Å². The van der Waals surface area contributed by atoms with Crippen molar-refractivity contribution >= 4 is 65.4 Å². The van der Waals surface area contributed by atoms with Crippen molar-refractivity contribution in [2.45, 2.75) is 52.4 Å². The van der Waals surface area contributed by atoms with Crippen molar-refractivity contribution in [2.24, 2.45) is 0 Å². The molecule has 3 aromatic heterocycles. The van der Waals surface area contributed by atoms with Crippen LogP contribution in [0.3, 0.4) is 0 Å². The number of hydrogen-bond acceptors (Lipinski definition) is 6. The number of phenolic OH excluding ortho intramolecular Hbond substituents is 2. The number of aromatic nitrogens is 4. The van der Waals surface area contributed by atoms with Crippen molar-refractivity contribution in [1.82, 2.24) is 19.9 Å². The van der Waals surface area contributed by atoms with E-state index < -0.39 is 0 Å². The first-order valence-corrected chi connectivity index (χ1v) is 16.1. The first-order chi connectivity index (χ1) is 22.5. The molecule has 4 aromatic carbocycles. The molecule has 0 aliphatic carbocycles. The zero-order valence-electron chi connectivity index (χ0n) is 26.2. The molecule has 0 unspecified atom stereocenters. The SMILES string of the molecule is CCCCc1cc2cnc3ccccc3ncc3cc(CCCC)cc(c3O)c3ccc4ccc5ccc(nc5c4n3)c(c1)c2O. The molecule has 6 heteroatoms. The Hall–Kier alpha value is -5.36. The second kappa shape index (κ2) is 12.6. The smallest absolute Gasteiger partial charge is 0.133 e. The van der Waals surface area contributed by atoms with Gasteiger partial charge in [0.25, 0.3) is 0 Å². The highest BCUT2D eigenvalue weighted by Crippen LogP contribution is 2.33. The Morgan fingerprint density at radius 3 is 1.37 bits per heavy atom. The van der Waals surface area contributed by atoms with Gasteiger partial charge in [-0.3, -0.25) is 9.97 Å². The Kier molecular flexibility index (Phi) is 8.02. The fourth-order valence-corrected chi connectivity index (χ4v) is 6.10. The van der Waals surface area contributed by atoms with Crippen molar-refractivity contribution in [3.63, 3.8) is 0 Å². The predicted molar refractivity (Wildman–Crippen MR) is 190 cm³/mol. The van der Waals surface area contributed by atoms with Crippen LogP contribution >= 0.6 is 0 Å². The summed E-state index contributed by atoms with van der Waals surface area (Å²) in [6.07, 6.45) is 9.38. The molecular weight excluding hydrogens is 568 g/mol.